The van der Waals surface area contributed by atoms with E-state index < -0.39 is 0 Å². The molecule has 0 bridgehead atoms. The van der Waals surface area contributed by atoms with Gasteiger partial charge < -0.3 is 10.6 Å². The lowest BCUT2D eigenvalue weighted by Crippen LogP contribution is -2.46. The largest absolute Gasteiger partial charge is 0.357 e. The van der Waals surface area contributed by atoms with Crippen LogP contribution in [0.1, 0.15) is 44.6 Å². The summed E-state index contributed by atoms with van der Waals surface area (Å²) < 4.78 is 0. The Morgan fingerprint density at radius 3 is 2.54 bits per heavy atom. The molecule has 28 heavy (non-hydrogen) atoms. The molecule has 8 heteroatoms. The summed E-state index contributed by atoms with van der Waals surface area (Å²) >= 11 is 6.14. The smallest absolute Gasteiger partial charge is 0.229 e. The quantitative estimate of drug-likeness (QED) is 0.252. The van der Waals surface area contributed by atoms with Crippen LogP contribution in [0.25, 0.3) is 0 Å². The van der Waals surface area contributed by atoms with Crippen LogP contribution in [0.4, 0.5) is 0 Å². The molecular formula is C20H28ClIN4O2. The summed E-state index contributed by atoms with van der Waals surface area (Å²) in [6.45, 7) is 4.32. The molecule has 0 spiro atoms. The van der Waals surface area contributed by atoms with Crippen molar-refractivity contribution < 1.29 is 9.59 Å². The maximum Gasteiger partial charge on any atom is 0.229 e. The Labute approximate surface area is 188 Å². The first-order chi connectivity index (χ1) is 13.0. The molecule has 2 aliphatic rings. The Balaban J connectivity index is 0.00000280. The van der Waals surface area contributed by atoms with Crippen molar-refractivity contribution in [1.82, 2.24) is 15.5 Å². The number of imide groups is 1. The van der Waals surface area contributed by atoms with E-state index in [1.54, 1.807) is 0 Å². The van der Waals surface area contributed by atoms with Crippen LogP contribution in [-0.2, 0) is 15.0 Å². The van der Waals surface area contributed by atoms with Crippen molar-refractivity contribution in [1.29, 1.82) is 0 Å². The average molecular weight is 519 g/mol. The van der Waals surface area contributed by atoms with Gasteiger partial charge in [0.2, 0.25) is 11.8 Å². The molecule has 1 aliphatic heterocycles. The molecule has 1 aromatic carbocycles. The van der Waals surface area contributed by atoms with Gasteiger partial charge in [-0.1, -0.05) is 23.7 Å². The normalized spacial score (nSPS) is 18.5. The number of carbonyl (C=O) groups excluding carboxylic acids is 2. The predicted molar refractivity (Wildman–Crippen MR) is 122 cm³/mol. The van der Waals surface area contributed by atoms with E-state index in [1.165, 1.54) is 10.5 Å². The third kappa shape index (κ3) is 5.83. The molecule has 1 aliphatic carbocycles. The van der Waals surface area contributed by atoms with Gasteiger partial charge in [-0.3, -0.25) is 19.5 Å². The zero-order valence-electron chi connectivity index (χ0n) is 16.2. The third-order valence-electron chi connectivity index (χ3n) is 5.19. The first-order valence-electron chi connectivity index (χ1n) is 9.65. The summed E-state index contributed by atoms with van der Waals surface area (Å²) in [5.41, 5.74) is 1.31. The van der Waals surface area contributed by atoms with E-state index in [9.17, 15) is 9.59 Å². The number of likely N-dealkylation sites (tertiary alicyclic amines) is 1. The second-order valence-electron chi connectivity index (χ2n) is 7.21. The van der Waals surface area contributed by atoms with E-state index in [-0.39, 0.29) is 41.2 Å². The Hall–Kier alpha value is -1.35. The van der Waals surface area contributed by atoms with Crippen LogP contribution in [0.15, 0.2) is 29.3 Å². The number of guanidine groups is 1. The minimum absolute atomic E-state index is 0. The molecule has 2 N–H and O–H groups in total. The summed E-state index contributed by atoms with van der Waals surface area (Å²) in [5, 5.41) is 7.22. The molecule has 2 amide bonds. The van der Waals surface area contributed by atoms with Gasteiger partial charge in [0, 0.05) is 42.9 Å². The fourth-order valence-electron chi connectivity index (χ4n) is 3.41. The van der Waals surface area contributed by atoms with Gasteiger partial charge in [-0.2, -0.15) is 0 Å². The van der Waals surface area contributed by atoms with Crippen LogP contribution in [0.2, 0.25) is 5.02 Å². The predicted octanol–water partition coefficient (Wildman–Crippen LogP) is 3.08. The number of benzene rings is 1. The average Bonchev–Trinajstić information content (AvgIpc) is 3.43. The highest BCUT2D eigenvalue weighted by Gasteiger charge is 2.44. The maximum absolute atomic E-state index is 11.9. The van der Waals surface area contributed by atoms with E-state index in [0.717, 1.165) is 24.4 Å². The number of nitrogens with zero attached hydrogens (tertiary/aromatic N) is 2. The monoisotopic (exact) mass is 518 g/mol. The summed E-state index contributed by atoms with van der Waals surface area (Å²) in [5.74, 6) is 0.559. The van der Waals surface area contributed by atoms with Gasteiger partial charge in [0.05, 0.1) is 6.54 Å². The molecule has 0 unspecified atom stereocenters. The number of hydrogen-bond donors (Lipinski definition) is 2. The molecule has 154 valence electrons. The van der Waals surface area contributed by atoms with Crippen molar-refractivity contribution in [3.63, 3.8) is 0 Å². The standard InChI is InChI=1S/C20H27ClN4O2.HI/c1-2-22-19(23-11-12-25-17(26)7-4-8-18(25)27)24-14-20(9-10-20)15-5-3-6-16(21)13-15;/h3,5-6,13H,2,4,7-12,14H2,1H3,(H2,22,23,24);1H. The van der Waals surface area contributed by atoms with Gasteiger partial charge in [-0.15, -0.1) is 24.0 Å². The lowest BCUT2D eigenvalue weighted by atomic mass is 9.96. The van der Waals surface area contributed by atoms with Crippen molar-refractivity contribution in [2.45, 2.75) is 44.4 Å². The van der Waals surface area contributed by atoms with Gasteiger partial charge in [0.1, 0.15) is 0 Å². The van der Waals surface area contributed by atoms with Gasteiger partial charge in [-0.05, 0) is 43.9 Å². The molecule has 1 saturated carbocycles. The van der Waals surface area contributed by atoms with Crippen molar-refractivity contribution in [3.8, 4) is 0 Å². The second kappa shape index (κ2) is 10.4. The van der Waals surface area contributed by atoms with Gasteiger partial charge >= 0.3 is 0 Å². The molecule has 3 rings (SSSR count). The van der Waals surface area contributed by atoms with E-state index in [4.69, 9.17) is 16.6 Å². The molecule has 1 aromatic rings. The number of carbonyl (C=O) groups is 2. The number of piperidine rings is 1. The first-order valence-corrected chi connectivity index (χ1v) is 10.0. The fourth-order valence-corrected chi connectivity index (χ4v) is 3.61. The number of halogens is 2. The number of hydrogen-bond acceptors (Lipinski definition) is 3. The SMILES string of the molecule is CCNC(=NCC1(c2cccc(Cl)c2)CC1)NCCN1C(=O)CCCC1=O.I. The topological polar surface area (TPSA) is 73.8 Å². The highest BCUT2D eigenvalue weighted by atomic mass is 127. The number of aliphatic imine (C=N–C) groups is 1. The number of rotatable bonds is 7. The van der Waals surface area contributed by atoms with Crippen LogP contribution in [-0.4, -0.2) is 48.9 Å². The van der Waals surface area contributed by atoms with Crippen LogP contribution >= 0.6 is 35.6 Å². The lowest BCUT2D eigenvalue weighted by molar-refractivity contribution is -0.147. The van der Waals surface area contributed by atoms with Crippen LogP contribution in [0, 0.1) is 0 Å². The molecule has 0 radical (unpaired) electrons. The van der Waals surface area contributed by atoms with Gasteiger partial charge in [-0.25, -0.2) is 0 Å². The molecule has 0 atom stereocenters. The molecule has 6 nitrogen and oxygen atoms in total. The Morgan fingerprint density at radius 2 is 1.93 bits per heavy atom. The molecule has 1 saturated heterocycles. The summed E-state index contributed by atoms with van der Waals surface area (Å²) in [7, 11) is 0. The Bertz CT molecular complexity index is 721. The van der Waals surface area contributed by atoms with Gasteiger partial charge in [0.15, 0.2) is 5.96 Å². The van der Waals surface area contributed by atoms with Crippen molar-refractivity contribution in [2.75, 3.05) is 26.2 Å². The minimum Gasteiger partial charge on any atom is -0.357 e. The third-order valence-corrected chi connectivity index (χ3v) is 5.42. The Morgan fingerprint density at radius 1 is 1.21 bits per heavy atom. The minimum atomic E-state index is -0.0760. The maximum atomic E-state index is 11.9. The number of amides is 2. The van der Waals surface area contributed by atoms with E-state index in [2.05, 4.69) is 16.7 Å². The lowest BCUT2D eigenvalue weighted by Gasteiger charge is -2.25. The van der Waals surface area contributed by atoms with E-state index in [1.807, 2.05) is 25.1 Å². The zero-order chi connectivity index (χ0) is 19.3. The first kappa shape index (κ1) is 22.9. The molecular weight excluding hydrogens is 491 g/mol. The van der Waals surface area contributed by atoms with Crippen molar-refractivity contribution >= 4 is 53.4 Å². The van der Waals surface area contributed by atoms with Crippen molar-refractivity contribution in [2.24, 2.45) is 4.99 Å². The van der Waals surface area contributed by atoms with Gasteiger partial charge in [0.25, 0.3) is 0 Å². The zero-order valence-corrected chi connectivity index (χ0v) is 19.3. The van der Waals surface area contributed by atoms with Crippen LogP contribution in [0.5, 0.6) is 0 Å². The van der Waals surface area contributed by atoms with E-state index in [0.29, 0.717) is 44.9 Å². The molecule has 2 fully saturated rings. The second-order valence-corrected chi connectivity index (χ2v) is 7.64. The summed E-state index contributed by atoms with van der Waals surface area (Å²) in [6, 6.07) is 8.01. The van der Waals surface area contributed by atoms with Crippen LogP contribution < -0.4 is 10.6 Å². The summed E-state index contributed by atoms with van der Waals surface area (Å²) in [4.78, 5) is 29.8. The molecule has 0 aromatic heterocycles. The van der Waals surface area contributed by atoms with E-state index >= 15 is 0 Å². The molecule has 1 heterocycles. The number of nitrogens with one attached hydrogen (secondary N) is 2. The van der Waals surface area contributed by atoms with Crippen molar-refractivity contribution in [3.05, 3.63) is 34.9 Å². The highest BCUT2D eigenvalue weighted by molar-refractivity contribution is 14.0. The Kier molecular flexibility index (Phi) is 8.55. The van der Waals surface area contributed by atoms with Crippen LogP contribution in [0.3, 0.4) is 0 Å². The highest BCUT2D eigenvalue weighted by Crippen LogP contribution is 2.48. The summed E-state index contributed by atoms with van der Waals surface area (Å²) in [6.07, 6.45) is 3.79. The fraction of sp³-hybridized carbons (Fsp3) is 0.550.